The summed E-state index contributed by atoms with van der Waals surface area (Å²) in [6.07, 6.45) is -1.53. The molecule has 0 saturated heterocycles. The number of hydrogen-bond acceptors (Lipinski definition) is 4. The minimum absolute atomic E-state index is 0.0405. The second-order valence-corrected chi connectivity index (χ2v) is 7.37. The van der Waals surface area contributed by atoms with Crippen LogP contribution in [0.25, 0.3) is 6.08 Å². The van der Waals surface area contributed by atoms with Crippen LogP contribution in [0, 0.1) is 0 Å². The first-order valence-corrected chi connectivity index (χ1v) is 9.89. The molecule has 3 rings (SSSR count). The highest BCUT2D eigenvalue weighted by molar-refractivity contribution is 6.30. The molecule has 4 nitrogen and oxygen atoms in total. The number of methoxy groups -OCH3 is 1. The number of halogens is 4. The van der Waals surface area contributed by atoms with Crippen LogP contribution in [0.2, 0.25) is 5.02 Å². The zero-order valence-electron chi connectivity index (χ0n) is 16.7. The molecule has 162 valence electrons. The van der Waals surface area contributed by atoms with E-state index in [1.165, 1.54) is 0 Å². The van der Waals surface area contributed by atoms with Crippen LogP contribution in [0.3, 0.4) is 0 Å². The monoisotopic (exact) mass is 441 g/mol. The Kier molecular flexibility index (Phi) is 6.95. The quantitative estimate of drug-likeness (QED) is 0.481. The van der Waals surface area contributed by atoms with Crippen molar-refractivity contribution in [2.75, 3.05) is 19.0 Å². The van der Waals surface area contributed by atoms with Crippen molar-refractivity contribution in [2.24, 2.45) is 0 Å². The molecular weight excluding hydrogens is 419 g/mol. The van der Waals surface area contributed by atoms with Crippen molar-refractivity contribution < 1.29 is 27.4 Å². The Morgan fingerprint density at radius 3 is 2.43 bits per heavy atom. The molecule has 8 heteroatoms. The number of anilines is 1. The van der Waals surface area contributed by atoms with Crippen LogP contribution in [-0.4, -0.2) is 25.8 Å². The van der Waals surface area contributed by atoms with E-state index in [4.69, 9.17) is 25.8 Å². The van der Waals surface area contributed by atoms with Crippen molar-refractivity contribution in [3.63, 3.8) is 0 Å². The molecule has 1 aliphatic heterocycles. The van der Waals surface area contributed by atoms with Gasteiger partial charge in [-0.05, 0) is 54.0 Å². The van der Waals surface area contributed by atoms with Crippen LogP contribution >= 0.6 is 11.6 Å². The second kappa shape index (κ2) is 9.29. The smallest absolute Gasteiger partial charge is 0.412 e. The Bertz CT molecular complexity index is 899. The number of alkyl halides is 3. The average molecular weight is 442 g/mol. The summed E-state index contributed by atoms with van der Waals surface area (Å²) in [5.74, 6) is -1.07. The van der Waals surface area contributed by atoms with E-state index >= 15 is 0 Å². The van der Waals surface area contributed by atoms with Crippen LogP contribution in [0.1, 0.15) is 30.9 Å². The fraction of sp³-hybridized carbons (Fsp3) is 0.364. The molecule has 0 bridgehead atoms. The molecule has 0 amide bonds. The molecule has 0 saturated carbocycles. The summed E-state index contributed by atoms with van der Waals surface area (Å²) in [5, 5.41) is 3.57. The van der Waals surface area contributed by atoms with Gasteiger partial charge in [-0.1, -0.05) is 37.1 Å². The first-order chi connectivity index (χ1) is 14.2. The van der Waals surface area contributed by atoms with Gasteiger partial charge in [-0.15, -0.1) is 0 Å². The van der Waals surface area contributed by atoms with E-state index in [-0.39, 0.29) is 6.61 Å². The number of fused-ring (bicyclic) bond motifs is 1. The second-order valence-electron chi connectivity index (χ2n) is 6.93. The Morgan fingerprint density at radius 2 is 1.80 bits per heavy atom. The van der Waals surface area contributed by atoms with Gasteiger partial charge in [0, 0.05) is 16.3 Å². The molecule has 2 aromatic carbocycles. The third kappa shape index (κ3) is 5.47. The summed E-state index contributed by atoms with van der Waals surface area (Å²) in [5.41, 5.74) is 2.68. The van der Waals surface area contributed by atoms with E-state index in [1.807, 2.05) is 6.92 Å². The van der Waals surface area contributed by atoms with Crippen molar-refractivity contribution in [2.45, 2.75) is 38.5 Å². The van der Waals surface area contributed by atoms with Gasteiger partial charge in [0.2, 0.25) is 0 Å². The third-order valence-electron chi connectivity index (χ3n) is 4.62. The van der Waals surface area contributed by atoms with E-state index in [2.05, 4.69) is 5.32 Å². The zero-order valence-corrected chi connectivity index (χ0v) is 17.4. The van der Waals surface area contributed by atoms with E-state index in [0.717, 1.165) is 11.1 Å². The Labute approximate surface area is 178 Å². The molecule has 0 aromatic heterocycles. The number of hydrogen-bond donors (Lipinski definition) is 1. The largest absolute Gasteiger partial charge is 0.497 e. The summed E-state index contributed by atoms with van der Waals surface area (Å²) in [7, 11) is 1.56. The van der Waals surface area contributed by atoms with Crippen molar-refractivity contribution in [1.82, 2.24) is 0 Å². The number of rotatable bonds is 8. The first-order valence-electron chi connectivity index (χ1n) is 9.51. The highest BCUT2D eigenvalue weighted by atomic mass is 35.5. The fourth-order valence-corrected chi connectivity index (χ4v) is 3.38. The van der Waals surface area contributed by atoms with Gasteiger partial charge in [0.1, 0.15) is 12.4 Å². The maximum absolute atomic E-state index is 13.0. The lowest BCUT2D eigenvalue weighted by Crippen LogP contribution is -2.49. The van der Waals surface area contributed by atoms with Crippen molar-refractivity contribution in [3.8, 4) is 5.75 Å². The van der Waals surface area contributed by atoms with Gasteiger partial charge < -0.3 is 19.5 Å². The molecule has 0 fully saturated rings. The van der Waals surface area contributed by atoms with Gasteiger partial charge in [0.25, 0.3) is 5.91 Å². The molecule has 30 heavy (non-hydrogen) atoms. The maximum Gasteiger partial charge on any atom is 0.412 e. The lowest BCUT2D eigenvalue weighted by Gasteiger charge is -2.40. The van der Waals surface area contributed by atoms with Crippen molar-refractivity contribution in [1.29, 1.82) is 0 Å². The van der Waals surface area contributed by atoms with E-state index in [9.17, 15) is 13.2 Å². The maximum atomic E-state index is 13.0. The van der Waals surface area contributed by atoms with Gasteiger partial charge in [0.05, 0.1) is 13.7 Å². The highest BCUT2D eigenvalue weighted by Crippen LogP contribution is 2.40. The minimum Gasteiger partial charge on any atom is -0.497 e. The van der Waals surface area contributed by atoms with Gasteiger partial charge in [-0.25, -0.2) is 0 Å². The molecule has 2 aromatic rings. The van der Waals surface area contributed by atoms with Gasteiger partial charge in [-0.2, -0.15) is 13.2 Å². The van der Waals surface area contributed by atoms with Gasteiger partial charge >= 0.3 is 6.18 Å². The summed E-state index contributed by atoms with van der Waals surface area (Å²) < 4.78 is 55.6. The van der Waals surface area contributed by atoms with Crippen LogP contribution in [0.5, 0.6) is 5.75 Å². The first kappa shape index (κ1) is 22.5. The Balaban J connectivity index is 1.93. The summed E-state index contributed by atoms with van der Waals surface area (Å²) >= 11 is 6.08. The lowest BCUT2D eigenvalue weighted by atomic mass is 9.97. The molecule has 0 spiro atoms. The molecule has 1 unspecified atom stereocenters. The van der Waals surface area contributed by atoms with E-state index in [0.29, 0.717) is 34.9 Å². The van der Waals surface area contributed by atoms with E-state index in [1.54, 1.807) is 55.7 Å². The topological polar surface area (TPSA) is 39.7 Å². The van der Waals surface area contributed by atoms with Crippen LogP contribution < -0.4 is 10.1 Å². The zero-order chi connectivity index (χ0) is 21.8. The van der Waals surface area contributed by atoms with Crippen LogP contribution in [0.4, 0.5) is 18.9 Å². The molecule has 1 heterocycles. The van der Waals surface area contributed by atoms with Crippen molar-refractivity contribution >= 4 is 23.4 Å². The molecular formula is C22H23ClF3NO3. The average Bonchev–Trinajstić information content (AvgIpc) is 2.71. The standard InChI is InChI=1S/C22H23ClF3NO3/c1-3-4-17-11-16-12-18(23)7-10-20(16)27-22(17,30-14-21(24,25)26)29-13-15-5-8-19(28-2)9-6-15/h5-12,27H,3-4,13-14H2,1-2H3. The lowest BCUT2D eigenvalue weighted by molar-refractivity contribution is -0.260. The Morgan fingerprint density at radius 1 is 1.07 bits per heavy atom. The third-order valence-corrected chi connectivity index (χ3v) is 4.86. The molecule has 1 N–H and O–H groups in total. The predicted octanol–water partition coefficient (Wildman–Crippen LogP) is 6.41. The van der Waals surface area contributed by atoms with Crippen molar-refractivity contribution in [3.05, 3.63) is 64.2 Å². The number of ether oxygens (including phenoxy) is 3. The highest BCUT2D eigenvalue weighted by Gasteiger charge is 2.43. The molecule has 0 aliphatic carbocycles. The molecule has 0 radical (unpaired) electrons. The minimum atomic E-state index is -4.50. The molecule has 1 aliphatic rings. The summed E-state index contributed by atoms with van der Waals surface area (Å²) in [6.45, 7) is 0.526. The normalized spacial score (nSPS) is 18.4. The predicted molar refractivity (Wildman–Crippen MR) is 110 cm³/mol. The summed E-state index contributed by atoms with van der Waals surface area (Å²) in [6, 6.07) is 12.2. The van der Waals surface area contributed by atoms with Gasteiger partial charge in [-0.3, -0.25) is 0 Å². The molecule has 1 atom stereocenters. The van der Waals surface area contributed by atoms with Gasteiger partial charge in [0.15, 0.2) is 0 Å². The fourth-order valence-electron chi connectivity index (χ4n) is 3.20. The number of benzene rings is 2. The SMILES string of the molecule is CCCC1=Cc2cc(Cl)ccc2NC1(OCc1ccc(OC)cc1)OCC(F)(F)F. The summed E-state index contributed by atoms with van der Waals surface area (Å²) in [4.78, 5) is 0. The van der Waals surface area contributed by atoms with E-state index < -0.39 is 18.7 Å². The van der Waals surface area contributed by atoms with Crippen LogP contribution in [0.15, 0.2) is 48.0 Å². The Hall–Kier alpha value is -2.22. The van der Waals surface area contributed by atoms with Crippen LogP contribution in [-0.2, 0) is 16.1 Å². The number of nitrogens with one attached hydrogen (secondary N) is 1.